The quantitative estimate of drug-likeness (QED) is 0.761. The fourth-order valence-corrected chi connectivity index (χ4v) is 2.19. The molecule has 0 aliphatic carbocycles. The summed E-state index contributed by atoms with van der Waals surface area (Å²) in [7, 11) is 0. The first kappa shape index (κ1) is 21.6. The summed E-state index contributed by atoms with van der Waals surface area (Å²) in [5, 5.41) is 11.4. The van der Waals surface area contributed by atoms with Crippen molar-refractivity contribution in [2.45, 2.75) is 46.6 Å². The largest absolute Gasteiger partial charge is 0.491 e. The number of nitrogens with zero attached hydrogens (tertiary/aromatic N) is 3. The van der Waals surface area contributed by atoms with Crippen LogP contribution in [0.3, 0.4) is 0 Å². The summed E-state index contributed by atoms with van der Waals surface area (Å²) >= 11 is 0. The third kappa shape index (κ3) is 8.62. The molecule has 2 aromatic rings. The molecular weight excluding hydrogens is 334 g/mol. The Bertz CT molecular complexity index is 660. The number of rotatable bonds is 7. The smallest absolute Gasteiger partial charge is 0.300 e. The molecule has 2 rings (SSSR count). The molecule has 1 heterocycles. The van der Waals surface area contributed by atoms with E-state index in [0.717, 1.165) is 12.7 Å². The molecule has 0 aliphatic rings. The molecule has 144 valence electrons. The van der Waals surface area contributed by atoms with E-state index in [0.29, 0.717) is 26.4 Å². The maximum Gasteiger partial charge on any atom is 0.300 e. The summed E-state index contributed by atoms with van der Waals surface area (Å²) in [6.45, 7) is 12.2. The number of aromatic nitrogens is 3. The molecule has 0 aliphatic heterocycles. The molecule has 1 aromatic heterocycles. The molecule has 26 heavy (non-hydrogen) atoms. The molecule has 7 nitrogen and oxygen atoms in total. The van der Waals surface area contributed by atoms with E-state index >= 15 is 0 Å². The zero-order valence-electron chi connectivity index (χ0n) is 16.2. The van der Waals surface area contributed by atoms with Gasteiger partial charge in [-0.15, -0.1) is 0 Å². The lowest BCUT2D eigenvalue weighted by molar-refractivity contribution is -0.134. The summed E-state index contributed by atoms with van der Waals surface area (Å²) in [6, 6.07) is 6.37. The highest BCUT2D eigenvalue weighted by Gasteiger charge is 2.18. The second kappa shape index (κ2) is 10.6. The Labute approximate surface area is 155 Å². The molecule has 0 amide bonds. The van der Waals surface area contributed by atoms with Crippen LogP contribution in [-0.2, 0) is 21.5 Å². The van der Waals surface area contributed by atoms with Gasteiger partial charge in [0.25, 0.3) is 5.97 Å². The van der Waals surface area contributed by atoms with E-state index in [1.165, 1.54) is 17.5 Å². The molecule has 0 unspecified atom stereocenters. The summed E-state index contributed by atoms with van der Waals surface area (Å²) < 4.78 is 13.2. The van der Waals surface area contributed by atoms with Crippen LogP contribution in [-0.4, -0.2) is 45.7 Å². The number of ether oxygens (including phenoxy) is 2. The Balaban J connectivity index is 0.000000765. The topological polar surface area (TPSA) is 86.5 Å². The maximum absolute atomic E-state index is 9.00. The third-order valence-electron chi connectivity index (χ3n) is 3.36. The predicted octanol–water partition coefficient (Wildman–Crippen LogP) is 3.07. The number of carboxylic acid groups (broad SMARTS) is 1. The molecule has 0 saturated heterocycles. The molecule has 0 radical (unpaired) electrons. The Morgan fingerprint density at radius 3 is 2.50 bits per heavy atom. The van der Waals surface area contributed by atoms with E-state index in [1.807, 2.05) is 0 Å². The molecule has 0 bridgehead atoms. The molecule has 0 saturated carbocycles. The van der Waals surface area contributed by atoms with Crippen LogP contribution in [0.5, 0.6) is 5.75 Å². The Morgan fingerprint density at radius 2 is 1.92 bits per heavy atom. The van der Waals surface area contributed by atoms with Crippen molar-refractivity contribution in [3.05, 3.63) is 42.0 Å². The number of carbonyl (C=O) groups is 1. The number of aliphatic carboxylic acids is 1. The van der Waals surface area contributed by atoms with Crippen molar-refractivity contribution in [2.24, 2.45) is 0 Å². The first-order valence-electron chi connectivity index (χ1n) is 8.53. The molecule has 1 aromatic carbocycles. The summed E-state index contributed by atoms with van der Waals surface area (Å²) in [5.74, 6) is 0.118. The van der Waals surface area contributed by atoms with Gasteiger partial charge < -0.3 is 14.6 Å². The normalized spacial score (nSPS) is 10.8. The Kier molecular flexibility index (Phi) is 8.78. The minimum atomic E-state index is -0.833. The highest BCUT2D eigenvalue weighted by molar-refractivity contribution is 5.62. The lowest BCUT2D eigenvalue weighted by Crippen LogP contribution is -2.16. The number of aryl methyl sites for hydroxylation is 1. The van der Waals surface area contributed by atoms with Gasteiger partial charge in [-0.2, -0.15) is 5.10 Å². The fourth-order valence-electron chi connectivity index (χ4n) is 2.19. The van der Waals surface area contributed by atoms with Gasteiger partial charge in [0.15, 0.2) is 0 Å². The van der Waals surface area contributed by atoms with Crippen molar-refractivity contribution < 1.29 is 19.4 Å². The Morgan fingerprint density at radius 1 is 1.23 bits per heavy atom. The minimum Gasteiger partial charge on any atom is -0.491 e. The number of carboxylic acids is 1. The van der Waals surface area contributed by atoms with Gasteiger partial charge in [-0.3, -0.25) is 9.48 Å². The van der Waals surface area contributed by atoms with Gasteiger partial charge in [0.1, 0.15) is 25.0 Å². The first-order valence-corrected chi connectivity index (χ1v) is 8.53. The van der Waals surface area contributed by atoms with Gasteiger partial charge in [0, 0.05) is 6.92 Å². The van der Waals surface area contributed by atoms with Crippen molar-refractivity contribution in [1.82, 2.24) is 14.8 Å². The average molecular weight is 363 g/mol. The van der Waals surface area contributed by atoms with E-state index in [9.17, 15) is 0 Å². The van der Waals surface area contributed by atoms with Crippen LogP contribution >= 0.6 is 0 Å². The zero-order chi connectivity index (χ0) is 19.6. The van der Waals surface area contributed by atoms with E-state index in [2.05, 4.69) is 56.0 Å². The van der Waals surface area contributed by atoms with Gasteiger partial charge >= 0.3 is 0 Å². The van der Waals surface area contributed by atoms with Crippen molar-refractivity contribution in [1.29, 1.82) is 0 Å². The SMILES string of the molecule is CC(=O)O.Cc1ccc(C(C)(C)C)c(OCCOCCn2cncn2)c1. The molecule has 0 spiro atoms. The van der Waals surface area contributed by atoms with Gasteiger partial charge in [-0.1, -0.05) is 32.9 Å². The fraction of sp³-hybridized carbons (Fsp3) is 0.526. The van der Waals surface area contributed by atoms with Crippen LogP contribution < -0.4 is 4.74 Å². The highest BCUT2D eigenvalue weighted by Crippen LogP contribution is 2.31. The second-order valence-electron chi connectivity index (χ2n) is 6.89. The van der Waals surface area contributed by atoms with Gasteiger partial charge in [0.05, 0.1) is 19.8 Å². The van der Waals surface area contributed by atoms with Crippen LogP contribution in [0, 0.1) is 6.92 Å². The predicted molar refractivity (Wildman–Crippen MR) is 99.5 cm³/mol. The molecule has 0 atom stereocenters. The van der Waals surface area contributed by atoms with Crippen LogP contribution in [0.1, 0.15) is 38.8 Å². The van der Waals surface area contributed by atoms with Crippen molar-refractivity contribution in [3.8, 4) is 5.75 Å². The molecular formula is C19H29N3O4. The monoisotopic (exact) mass is 363 g/mol. The van der Waals surface area contributed by atoms with E-state index in [1.54, 1.807) is 11.0 Å². The van der Waals surface area contributed by atoms with Crippen LogP contribution in [0.4, 0.5) is 0 Å². The second-order valence-corrected chi connectivity index (χ2v) is 6.89. The van der Waals surface area contributed by atoms with Crippen LogP contribution in [0.25, 0.3) is 0 Å². The number of benzene rings is 1. The average Bonchev–Trinajstić information content (AvgIpc) is 3.02. The standard InChI is InChI=1S/C17H25N3O2.C2H4O2/c1-14-5-6-15(17(2,3)4)16(11-14)22-10-9-21-8-7-20-13-18-12-19-20;1-2(3)4/h5-6,11-13H,7-10H2,1-4H3;1H3,(H,3,4). The van der Waals surface area contributed by atoms with Crippen LogP contribution in [0.2, 0.25) is 0 Å². The van der Waals surface area contributed by atoms with Crippen LogP contribution in [0.15, 0.2) is 30.9 Å². The first-order chi connectivity index (χ1) is 12.2. The zero-order valence-corrected chi connectivity index (χ0v) is 16.2. The van der Waals surface area contributed by atoms with Gasteiger partial charge in [-0.05, 0) is 29.5 Å². The lowest BCUT2D eigenvalue weighted by Gasteiger charge is -2.23. The maximum atomic E-state index is 9.00. The number of hydrogen-bond donors (Lipinski definition) is 1. The van der Waals surface area contributed by atoms with E-state index < -0.39 is 5.97 Å². The van der Waals surface area contributed by atoms with E-state index in [-0.39, 0.29) is 5.41 Å². The van der Waals surface area contributed by atoms with E-state index in [4.69, 9.17) is 19.4 Å². The molecule has 7 heteroatoms. The Hall–Kier alpha value is -2.41. The summed E-state index contributed by atoms with van der Waals surface area (Å²) in [6.07, 6.45) is 3.21. The van der Waals surface area contributed by atoms with Crippen molar-refractivity contribution in [2.75, 3.05) is 19.8 Å². The summed E-state index contributed by atoms with van der Waals surface area (Å²) in [5.41, 5.74) is 2.49. The van der Waals surface area contributed by atoms with Crippen molar-refractivity contribution >= 4 is 5.97 Å². The highest BCUT2D eigenvalue weighted by atomic mass is 16.5. The van der Waals surface area contributed by atoms with Gasteiger partial charge in [-0.25, -0.2) is 4.98 Å². The third-order valence-corrected chi connectivity index (χ3v) is 3.36. The van der Waals surface area contributed by atoms with Gasteiger partial charge in [0.2, 0.25) is 0 Å². The number of hydrogen-bond acceptors (Lipinski definition) is 5. The van der Waals surface area contributed by atoms with Crippen molar-refractivity contribution in [3.63, 3.8) is 0 Å². The molecule has 1 N–H and O–H groups in total. The summed E-state index contributed by atoms with van der Waals surface area (Å²) in [4.78, 5) is 12.9. The lowest BCUT2D eigenvalue weighted by atomic mass is 9.86. The molecule has 0 fully saturated rings. The minimum absolute atomic E-state index is 0.0665.